The Hall–Kier alpha value is -1.43. The molecular weight excluding hydrogens is 253 g/mol. The van der Waals surface area contributed by atoms with E-state index in [1.807, 2.05) is 0 Å². The second kappa shape index (κ2) is 5.06. The average Bonchev–Trinajstić information content (AvgIpc) is 2.25. The van der Waals surface area contributed by atoms with Crippen molar-refractivity contribution in [3.63, 3.8) is 0 Å². The first-order valence-electron chi connectivity index (χ1n) is 5.13. The van der Waals surface area contributed by atoms with Crippen molar-refractivity contribution in [1.29, 1.82) is 0 Å². The van der Waals surface area contributed by atoms with Crippen LogP contribution in [-0.4, -0.2) is 12.2 Å². The number of hydrogen-bond donors (Lipinski definition) is 1. The van der Waals surface area contributed by atoms with Gasteiger partial charge in [0.15, 0.2) is 0 Å². The predicted molar refractivity (Wildman–Crippen MR) is 59.1 cm³/mol. The molecule has 0 aliphatic heterocycles. The lowest BCUT2D eigenvalue weighted by Gasteiger charge is -2.19. The first-order chi connectivity index (χ1) is 8.14. The van der Waals surface area contributed by atoms with E-state index in [-0.39, 0.29) is 6.04 Å². The van der Waals surface area contributed by atoms with E-state index in [1.54, 1.807) is 19.1 Å². The third-order valence-electron chi connectivity index (χ3n) is 2.22. The summed E-state index contributed by atoms with van der Waals surface area (Å²) in [5, 5.41) is 0. The van der Waals surface area contributed by atoms with E-state index in [0.717, 1.165) is 12.1 Å². The topological polar surface area (TPSA) is 26.0 Å². The van der Waals surface area contributed by atoms with E-state index in [9.17, 15) is 22.0 Å². The van der Waals surface area contributed by atoms with Gasteiger partial charge in [-0.15, -0.1) is 0 Å². The fraction of sp³-hybridized carbons (Fsp3) is 0.333. The standard InChI is InChI=1S/C12H12F5N/c1-8(18)2-3-9-4-6-10(7-5-9)11(13,14)12(15,16)17/h2-8H,18H2,1H3/b3-2+. The van der Waals surface area contributed by atoms with Gasteiger partial charge in [-0.05, 0) is 12.5 Å². The molecule has 2 N–H and O–H groups in total. The summed E-state index contributed by atoms with van der Waals surface area (Å²) in [7, 11) is 0. The maximum atomic E-state index is 12.9. The van der Waals surface area contributed by atoms with Crippen LogP contribution in [0.4, 0.5) is 22.0 Å². The molecule has 0 aromatic heterocycles. The number of hydrogen-bond acceptors (Lipinski definition) is 1. The zero-order valence-corrected chi connectivity index (χ0v) is 9.51. The predicted octanol–water partition coefficient (Wildman–Crippen LogP) is 3.70. The lowest BCUT2D eigenvalue weighted by molar-refractivity contribution is -0.289. The number of benzene rings is 1. The minimum atomic E-state index is -5.59. The fourth-order valence-corrected chi connectivity index (χ4v) is 1.23. The van der Waals surface area contributed by atoms with Crippen LogP contribution < -0.4 is 5.73 Å². The van der Waals surface area contributed by atoms with E-state index >= 15 is 0 Å². The molecule has 0 fully saturated rings. The van der Waals surface area contributed by atoms with Gasteiger partial charge in [0.25, 0.3) is 0 Å². The van der Waals surface area contributed by atoms with Crippen molar-refractivity contribution in [2.24, 2.45) is 5.73 Å². The molecule has 100 valence electrons. The average molecular weight is 265 g/mol. The largest absolute Gasteiger partial charge is 0.458 e. The van der Waals surface area contributed by atoms with E-state index in [1.165, 1.54) is 12.1 Å². The number of nitrogens with two attached hydrogens (primary N) is 1. The third-order valence-corrected chi connectivity index (χ3v) is 2.22. The van der Waals surface area contributed by atoms with Crippen LogP contribution in [0.1, 0.15) is 18.1 Å². The Kier molecular flexibility index (Phi) is 4.11. The first kappa shape index (κ1) is 14.6. The van der Waals surface area contributed by atoms with Crippen molar-refractivity contribution < 1.29 is 22.0 Å². The maximum Gasteiger partial charge on any atom is 0.458 e. The molecule has 0 bridgehead atoms. The van der Waals surface area contributed by atoms with Gasteiger partial charge in [-0.2, -0.15) is 22.0 Å². The molecule has 0 saturated heterocycles. The van der Waals surface area contributed by atoms with Crippen LogP contribution in [0.2, 0.25) is 0 Å². The van der Waals surface area contributed by atoms with Crippen molar-refractivity contribution in [1.82, 2.24) is 0 Å². The molecule has 0 spiro atoms. The Bertz CT molecular complexity index is 417. The molecule has 1 nitrogen and oxygen atoms in total. The fourth-order valence-electron chi connectivity index (χ4n) is 1.23. The van der Waals surface area contributed by atoms with Crippen molar-refractivity contribution >= 4 is 6.08 Å². The molecule has 6 heteroatoms. The summed E-state index contributed by atoms with van der Waals surface area (Å²) in [6.45, 7) is 1.71. The molecule has 18 heavy (non-hydrogen) atoms. The quantitative estimate of drug-likeness (QED) is 0.828. The molecule has 0 aliphatic carbocycles. The summed E-state index contributed by atoms with van der Waals surface area (Å²) in [6, 6.07) is 3.67. The highest BCUT2D eigenvalue weighted by Crippen LogP contribution is 2.43. The molecule has 1 aromatic carbocycles. The van der Waals surface area contributed by atoms with E-state index in [0.29, 0.717) is 5.56 Å². The monoisotopic (exact) mass is 265 g/mol. The second-order valence-electron chi connectivity index (χ2n) is 3.91. The van der Waals surface area contributed by atoms with Crippen LogP contribution in [-0.2, 0) is 5.92 Å². The molecule has 0 radical (unpaired) electrons. The van der Waals surface area contributed by atoms with Gasteiger partial charge >= 0.3 is 12.1 Å². The summed E-state index contributed by atoms with van der Waals surface area (Å²) < 4.78 is 62.2. The second-order valence-corrected chi connectivity index (χ2v) is 3.91. The zero-order chi connectivity index (χ0) is 14.0. The van der Waals surface area contributed by atoms with Gasteiger partial charge in [0.2, 0.25) is 0 Å². The Morgan fingerprint density at radius 1 is 1.06 bits per heavy atom. The summed E-state index contributed by atoms with van der Waals surface area (Å²) in [5.74, 6) is -4.84. The molecule has 0 heterocycles. The Morgan fingerprint density at radius 2 is 1.56 bits per heavy atom. The molecule has 0 saturated carbocycles. The van der Waals surface area contributed by atoms with Crippen LogP contribution in [0.15, 0.2) is 30.3 Å². The molecule has 1 aromatic rings. The van der Waals surface area contributed by atoms with E-state index < -0.39 is 17.7 Å². The van der Waals surface area contributed by atoms with Crippen LogP contribution in [0.5, 0.6) is 0 Å². The molecular formula is C12H12F5N. The number of rotatable bonds is 3. The Morgan fingerprint density at radius 3 is 1.94 bits per heavy atom. The number of halogens is 5. The van der Waals surface area contributed by atoms with Crippen molar-refractivity contribution in [2.45, 2.75) is 25.1 Å². The lowest BCUT2D eigenvalue weighted by atomic mass is 10.1. The van der Waals surface area contributed by atoms with Crippen molar-refractivity contribution in [3.05, 3.63) is 41.5 Å². The van der Waals surface area contributed by atoms with Crippen LogP contribution >= 0.6 is 0 Å². The number of alkyl halides is 5. The minimum Gasteiger partial charge on any atom is -0.325 e. The summed E-state index contributed by atoms with van der Waals surface area (Å²) in [4.78, 5) is 0. The molecule has 0 aliphatic rings. The van der Waals surface area contributed by atoms with E-state index in [2.05, 4.69) is 0 Å². The Balaban J connectivity index is 2.96. The van der Waals surface area contributed by atoms with Crippen LogP contribution in [0.3, 0.4) is 0 Å². The maximum absolute atomic E-state index is 12.9. The highest BCUT2D eigenvalue weighted by atomic mass is 19.4. The van der Waals surface area contributed by atoms with Gasteiger partial charge in [-0.3, -0.25) is 0 Å². The summed E-state index contributed by atoms with van der Waals surface area (Å²) in [6.07, 6.45) is -2.42. The van der Waals surface area contributed by atoms with Gasteiger partial charge < -0.3 is 5.73 Å². The minimum absolute atomic E-state index is 0.221. The zero-order valence-electron chi connectivity index (χ0n) is 9.51. The first-order valence-corrected chi connectivity index (χ1v) is 5.13. The Labute approximate surface area is 101 Å². The SMILES string of the molecule is CC(N)/C=C/c1ccc(C(F)(F)C(F)(F)F)cc1. The highest BCUT2D eigenvalue weighted by Gasteiger charge is 2.58. The van der Waals surface area contributed by atoms with Crippen molar-refractivity contribution in [3.8, 4) is 0 Å². The van der Waals surface area contributed by atoms with Crippen LogP contribution in [0.25, 0.3) is 6.08 Å². The van der Waals surface area contributed by atoms with Crippen molar-refractivity contribution in [2.75, 3.05) is 0 Å². The molecule has 1 atom stereocenters. The smallest absolute Gasteiger partial charge is 0.325 e. The molecule has 1 unspecified atom stereocenters. The van der Waals surface area contributed by atoms with Gasteiger partial charge in [0.05, 0.1) is 0 Å². The van der Waals surface area contributed by atoms with Gasteiger partial charge in [0.1, 0.15) is 0 Å². The normalized spacial score (nSPS) is 15.1. The molecule has 1 rings (SSSR count). The lowest BCUT2D eigenvalue weighted by Crippen LogP contribution is -2.33. The summed E-state index contributed by atoms with van der Waals surface area (Å²) in [5.41, 5.74) is 4.87. The highest BCUT2D eigenvalue weighted by molar-refractivity contribution is 5.50. The molecule has 0 amide bonds. The van der Waals surface area contributed by atoms with Gasteiger partial charge in [-0.1, -0.05) is 36.4 Å². The third kappa shape index (κ3) is 3.29. The van der Waals surface area contributed by atoms with E-state index in [4.69, 9.17) is 5.73 Å². The van der Waals surface area contributed by atoms with Gasteiger partial charge in [-0.25, -0.2) is 0 Å². The van der Waals surface area contributed by atoms with Gasteiger partial charge in [0, 0.05) is 11.6 Å². The summed E-state index contributed by atoms with van der Waals surface area (Å²) >= 11 is 0. The van der Waals surface area contributed by atoms with Crippen LogP contribution in [0, 0.1) is 0 Å².